The molecule has 0 saturated heterocycles. The van der Waals surface area contributed by atoms with Crippen molar-refractivity contribution in [3.05, 3.63) is 65.5 Å². The van der Waals surface area contributed by atoms with Crippen LogP contribution in [-0.4, -0.2) is 4.98 Å². The smallest absolute Gasteiger partial charge is 0.126 e. The average molecular weight is 234 g/mol. The lowest BCUT2D eigenvalue weighted by Gasteiger charge is -2.11. The van der Waals surface area contributed by atoms with Crippen molar-refractivity contribution in [2.45, 2.75) is 12.5 Å². The van der Waals surface area contributed by atoms with Gasteiger partial charge in [-0.15, -0.1) is 0 Å². The second-order valence-corrected chi connectivity index (χ2v) is 3.87. The predicted molar refractivity (Wildman–Crippen MR) is 61.2 cm³/mol. The molecule has 0 aliphatic carbocycles. The molecule has 17 heavy (non-hydrogen) atoms. The Hall–Kier alpha value is -1.81. The number of benzene rings is 1. The van der Waals surface area contributed by atoms with E-state index in [2.05, 4.69) is 4.98 Å². The fourth-order valence-electron chi connectivity index (χ4n) is 1.71. The van der Waals surface area contributed by atoms with Crippen LogP contribution < -0.4 is 5.73 Å². The molecule has 0 spiro atoms. The first kappa shape index (κ1) is 11.7. The first-order valence-electron chi connectivity index (χ1n) is 5.25. The molecular weight excluding hydrogens is 222 g/mol. The van der Waals surface area contributed by atoms with Crippen molar-refractivity contribution >= 4 is 0 Å². The largest absolute Gasteiger partial charge is 0.324 e. The van der Waals surface area contributed by atoms with E-state index >= 15 is 0 Å². The summed E-state index contributed by atoms with van der Waals surface area (Å²) in [6, 6.07) is 6.73. The molecule has 2 rings (SSSR count). The minimum atomic E-state index is -0.582. The molecule has 1 aromatic heterocycles. The Morgan fingerprint density at radius 1 is 1.06 bits per heavy atom. The van der Waals surface area contributed by atoms with E-state index in [0.717, 1.165) is 11.6 Å². The molecular formula is C13H12F2N2. The van der Waals surface area contributed by atoms with Crippen LogP contribution in [0.5, 0.6) is 0 Å². The lowest BCUT2D eigenvalue weighted by atomic mass is 10.0. The zero-order chi connectivity index (χ0) is 12.3. The highest BCUT2D eigenvalue weighted by molar-refractivity contribution is 5.23. The van der Waals surface area contributed by atoms with Gasteiger partial charge in [-0.2, -0.15) is 0 Å². The number of rotatable bonds is 3. The van der Waals surface area contributed by atoms with Gasteiger partial charge in [0.25, 0.3) is 0 Å². The molecule has 2 aromatic rings. The van der Waals surface area contributed by atoms with E-state index in [0.29, 0.717) is 12.0 Å². The van der Waals surface area contributed by atoms with Gasteiger partial charge in [0.05, 0.1) is 0 Å². The van der Waals surface area contributed by atoms with E-state index in [1.807, 2.05) is 0 Å². The van der Waals surface area contributed by atoms with Crippen LogP contribution in [0.4, 0.5) is 8.78 Å². The lowest BCUT2D eigenvalue weighted by molar-refractivity contribution is 0.576. The topological polar surface area (TPSA) is 38.9 Å². The third kappa shape index (κ3) is 3.07. The van der Waals surface area contributed by atoms with E-state index in [9.17, 15) is 8.78 Å². The number of pyridine rings is 1. The highest BCUT2D eigenvalue weighted by Crippen LogP contribution is 2.17. The molecule has 0 radical (unpaired) electrons. The zero-order valence-electron chi connectivity index (χ0n) is 9.11. The molecule has 0 amide bonds. The van der Waals surface area contributed by atoms with Crippen LogP contribution in [0.1, 0.15) is 17.2 Å². The summed E-state index contributed by atoms with van der Waals surface area (Å²) >= 11 is 0. The van der Waals surface area contributed by atoms with Crippen molar-refractivity contribution in [3.63, 3.8) is 0 Å². The first-order chi connectivity index (χ1) is 8.15. The maximum Gasteiger partial charge on any atom is 0.126 e. The monoisotopic (exact) mass is 234 g/mol. The Bertz CT molecular complexity index is 480. The normalized spacial score (nSPS) is 12.4. The molecule has 0 fully saturated rings. The van der Waals surface area contributed by atoms with Gasteiger partial charge in [0.1, 0.15) is 11.6 Å². The van der Waals surface area contributed by atoms with Gasteiger partial charge in [-0.25, -0.2) is 8.78 Å². The summed E-state index contributed by atoms with van der Waals surface area (Å²) in [6.07, 6.45) is 3.67. The summed E-state index contributed by atoms with van der Waals surface area (Å²) in [6.45, 7) is 0. The van der Waals surface area contributed by atoms with Gasteiger partial charge in [-0.3, -0.25) is 4.98 Å². The molecule has 1 atom stereocenters. The number of hydrogen-bond donors (Lipinski definition) is 1. The minimum Gasteiger partial charge on any atom is -0.324 e. The van der Waals surface area contributed by atoms with Crippen LogP contribution >= 0.6 is 0 Å². The third-order valence-electron chi connectivity index (χ3n) is 2.51. The summed E-state index contributed by atoms with van der Waals surface area (Å²) in [5, 5.41) is 0. The standard InChI is InChI=1S/C13H12F2N2/c14-11-5-9(6-12(15)8-11)7-13(16)10-1-3-17-4-2-10/h1-6,8,13H,7,16H2. The quantitative estimate of drug-likeness (QED) is 0.886. The van der Waals surface area contributed by atoms with E-state index in [-0.39, 0.29) is 6.04 Å². The molecule has 0 saturated carbocycles. The summed E-state index contributed by atoms with van der Waals surface area (Å²) in [5.41, 5.74) is 7.40. The third-order valence-corrected chi connectivity index (χ3v) is 2.51. The minimum absolute atomic E-state index is 0.292. The van der Waals surface area contributed by atoms with Gasteiger partial charge in [-0.05, 0) is 41.8 Å². The van der Waals surface area contributed by atoms with Crippen LogP contribution in [0, 0.1) is 11.6 Å². The average Bonchev–Trinajstić information content (AvgIpc) is 2.28. The fraction of sp³-hybridized carbons (Fsp3) is 0.154. The second-order valence-electron chi connectivity index (χ2n) is 3.87. The molecule has 1 aromatic carbocycles. The molecule has 1 heterocycles. The van der Waals surface area contributed by atoms with Gasteiger partial charge < -0.3 is 5.73 Å². The Kier molecular flexibility index (Phi) is 3.44. The molecule has 2 nitrogen and oxygen atoms in total. The lowest BCUT2D eigenvalue weighted by Crippen LogP contribution is -2.13. The predicted octanol–water partition coefficient (Wildman–Crippen LogP) is 2.60. The Morgan fingerprint density at radius 2 is 1.65 bits per heavy atom. The van der Waals surface area contributed by atoms with Gasteiger partial charge in [0.2, 0.25) is 0 Å². The van der Waals surface area contributed by atoms with Crippen molar-refractivity contribution in [2.75, 3.05) is 0 Å². The zero-order valence-corrected chi connectivity index (χ0v) is 9.11. The van der Waals surface area contributed by atoms with Crippen LogP contribution in [0.15, 0.2) is 42.7 Å². The first-order valence-corrected chi connectivity index (χ1v) is 5.25. The number of aromatic nitrogens is 1. The van der Waals surface area contributed by atoms with E-state index in [1.165, 1.54) is 12.1 Å². The van der Waals surface area contributed by atoms with Crippen molar-refractivity contribution in [3.8, 4) is 0 Å². The Balaban J connectivity index is 2.16. The number of hydrogen-bond acceptors (Lipinski definition) is 2. The molecule has 88 valence electrons. The summed E-state index contributed by atoms with van der Waals surface area (Å²) in [5.74, 6) is -1.16. The van der Waals surface area contributed by atoms with Crippen molar-refractivity contribution in [2.24, 2.45) is 5.73 Å². The van der Waals surface area contributed by atoms with Crippen molar-refractivity contribution in [1.82, 2.24) is 4.98 Å². The van der Waals surface area contributed by atoms with E-state index < -0.39 is 11.6 Å². The van der Waals surface area contributed by atoms with Crippen LogP contribution in [0.3, 0.4) is 0 Å². The molecule has 1 unspecified atom stereocenters. The number of nitrogens with two attached hydrogens (primary N) is 1. The Morgan fingerprint density at radius 3 is 2.24 bits per heavy atom. The molecule has 4 heteroatoms. The summed E-state index contributed by atoms with van der Waals surface area (Å²) in [7, 11) is 0. The molecule has 0 bridgehead atoms. The highest BCUT2D eigenvalue weighted by atomic mass is 19.1. The van der Waals surface area contributed by atoms with E-state index in [1.54, 1.807) is 24.5 Å². The van der Waals surface area contributed by atoms with Crippen molar-refractivity contribution in [1.29, 1.82) is 0 Å². The maximum atomic E-state index is 13.0. The molecule has 0 aliphatic heterocycles. The Labute approximate surface area is 98.1 Å². The fourth-order valence-corrected chi connectivity index (χ4v) is 1.71. The van der Waals surface area contributed by atoms with Gasteiger partial charge >= 0.3 is 0 Å². The van der Waals surface area contributed by atoms with Crippen LogP contribution in [0.2, 0.25) is 0 Å². The van der Waals surface area contributed by atoms with Gasteiger partial charge in [-0.1, -0.05) is 0 Å². The molecule has 2 N–H and O–H groups in total. The van der Waals surface area contributed by atoms with Gasteiger partial charge in [0, 0.05) is 24.5 Å². The SMILES string of the molecule is NC(Cc1cc(F)cc(F)c1)c1ccncc1. The van der Waals surface area contributed by atoms with Crippen molar-refractivity contribution < 1.29 is 8.78 Å². The summed E-state index contributed by atoms with van der Waals surface area (Å²) in [4.78, 5) is 3.89. The van der Waals surface area contributed by atoms with Gasteiger partial charge in [0.15, 0.2) is 0 Å². The molecule has 0 aliphatic rings. The second kappa shape index (κ2) is 5.01. The number of nitrogens with zero attached hydrogens (tertiary/aromatic N) is 1. The van der Waals surface area contributed by atoms with Crippen LogP contribution in [0.25, 0.3) is 0 Å². The number of halogens is 2. The van der Waals surface area contributed by atoms with Crippen LogP contribution in [-0.2, 0) is 6.42 Å². The van der Waals surface area contributed by atoms with E-state index in [4.69, 9.17) is 5.73 Å². The maximum absolute atomic E-state index is 13.0. The summed E-state index contributed by atoms with van der Waals surface area (Å²) < 4.78 is 26.0. The highest BCUT2D eigenvalue weighted by Gasteiger charge is 2.08.